The molecule has 0 heterocycles. The Morgan fingerprint density at radius 3 is 2.62 bits per heavy atom. The van der Waals surface area contributed by atoms with Crippen LogP contribution in [-0.4, -0.2) is 5.78 Å². The Morgan fingerprint density at radius 1 is 1.46 bits per heavy atom. The molecule has 1 aromatic carbocycles. The van der Waals surface area contributed by atoms with E-state index in [0.29, 0.717) is 11.1 Å². The lowest BCUT2D eigenvalue weighted by Crippen LogP contribution is -2.02. The van der Waals surface area contributed by atoms with Gasteiger partial charge < -0.3 is 0 Å². The summed E-state index contributed by atoms with van der Waals surface area (Å²) in [7, 11) is 0. The van der Waals surface area contributed by atoms with Crippen molar-refractivity contribution < 1.29 is 9.18 Å². The second kappa shape index (κ2) is 3.52. The molecule has 2 heteroatoms. The molecule has 0 aliphatic heterocycles. The molecule has 0 unspecified atom stereocenters. The summed E-state index contributed by atoms with van der Waals surface area (Å²) in [4.78, 5) is 11.5. The third-order valence-corrected chi connectivity index (χ3v) is 1.83. The minimum absolute atomic E-state index is 0.197. The van der Waals surface area contributed by atoms with Crippen LogP contribution in [0.4, 0.5) is 4.39 Å². The molecule has 0 aromatic heterocycles. The lowest BCUT2D eigenvalue weighted by molar-refractivity contribution is 0.103. The molecule has 0 aliphatic rings. The second-order valence-electron chi connectivity index (χ2n) is 3.07. The first-order valence-corrected chi connectivity index (χ1v) is 3.98. The van der Waals surface area contributed by atoms with Crippen molar-refractivity contribution in [3.63, 3.8) is 0 Å². The molecule has 0 saturated heterocycles. The Kier molecular flexibility index (Phi) is 2.61. The van der Waals surface area contributed by atoms with Crippen LogP contribution in [0.2, 0.25) is 0 Å². The first-order chi connectivity index (χ1) is 6.02. The highest BCUT2D eigenvalue weighted by atomic mass is 19.1. The van der Waals surface area contributed by atoms with E-state index in [1.165, 1.54) is 12.1 Å². The largest absolute Gasteiger partial charge is 0.289 e. The number of halogens is 1. The zero-order valence-corrected chi connectivity index (χ0v) is 7.73. The lowest BCUT2D eigenvalue weighted by atomic mass is 10.0. The number of hydrogen-bond acceptors (Lipinski definition) is 1. The van der Waals surface area contributed by atoms with Crippen molar-refractivity contribution in [2.45, 2.75) is 13.8 Å². The molecule has 68 valence electrons. The number of rotatable bonds is 2. The van der Waals surface area contributed by atoms with E-state index in [9.17, 15) is 9.18 Å². The molecule has 0 saturated carbocycles. The summed E-state index contributed by atoms with van der Waals surface area (Å²) in [5.74, 6) is -0.591. The zero-order valence-electron chi connectivity index (χ0n) is 7.73. The molecule has 0 atom stereocenters. The number of Topliss-reactive ketones (excluding diaryl/α,β-unsaturated/α-hetero) is 1. The summed E-state index contributed by atoms with van der Waals surface area (Å²) in [6.07, 6.45) is 0. The Labute approximate surface area is 76.9 Å². The van der Waals surface area contributed by atoms with E-state index in [4.69, 9.17) is 0 Å². The highest BCUT2D eigenvalue weighted by molar-refractivity contribution is 6.08. The van der Waals surface area contributed by atoms with Gasteiger partial charge in [0, 0.05) is 5.56 Å². The van der Waals surface area contributed by atoms with E-state index in [2.05, 4.69) is 6.58 Å². The minimum Gasteiger partial charge on any atom is -0.289 e. The number of hydrogen-bond donors (Lipinski definition) is 0. The number of carbonyl (C=O) groups is 1. The van der Waals surface area contributed by atoms with Gasteiger partial charge in [0.05, 0.1) is 0 Å². The van der Waals surface area contributed by atoms with Crippen LogP contribution in [0.3, 0.4) is 0 Å². The SMILES string of the molecule is C=C(C)C(=O)c1cc(F)ccc1C. The molecule has 0 radical (unpaired) electrons. The summed E-state index contributed by atoms with van der Waals surface area (Å²) >= 11 is 0. The Hall–Kier alpha value is -1.44. The summed E-state index contributed by atoms with van der Waals surface area (Å²) in [6.45, 7) is 6.92. The fourth-order valence-electron chi connectivity index (χ4n) is 1.07. The monoisotopic (exact) mass is 178 g/mol. The quantitative estimate of drug-likeness (QED) is 0.502. The minimum atomic E-state index is -0.393. The molecule has 0 amide bonds. The van der Waals surface area contributed by atoms with Crippen LogP contribution >= 0.6 is 0 Å². The van der Waals surface area contributed by atoms with Gasteiger partial charge in [-0.3, -0.25) is 4.79 Å². The first-order valence-electron chi connectivity index (χ1n) is 3.98. The number of ketones is 1. The first kappa shape index (κ1) is 9.65. The van der Waals surface area contributed by atoms with Gasteiger partial charge in [0.15, 0.2) is 5.78 Å². The van der Waals surface area contributed by atoms with Crippen LogP contribution in [0.25, 0.3) is 0 Å². The highest BCUT2D eigenvalue weighted by Gasteiger charge is 2.09. The van der Waals surface area contributed by atoms with Gasteiger partial charge in [0.25, 0.3) is 0 Å². The lowest BCUT2D eigenvalue weighted by Gasteiger charge is -2.03. The Balaban J connectivity index is 3.21. The Morgan fingerprint density at radius 2 is 2.08 bits per heavy atom. The van der Waals surface area contributed by atoms with Crippen LogP contribution in [-0.2, 0) is 0 Å². The van der Waals surface area contributed by atoms with Crippen LogP contribution in [0.15, 0.2) is 30.4 Å². The molecule has 0 bridgehead atoms. The van der Waals surface area contributed by atoms with E-state index in [0.717, 1.165) is 5.56 Å². The van der Waals surface area contributed by atoms with Gasteiger partial charge in [-0.25, -0.2) is 4.39 Å². The van der Waals surface area contributed by atoms with E-state index < -0.39 is 5.82 Å². The maximum absolute atomic E-state index is 12.8. The van der Waals surface area contributed by atoms with Crippen molar-refractivity contribution in [1.82, 2.24) is 0 Å². The van der Waals surface area contributed by atoms with E-state index in [1.54, 1.807) is 19.9 Å². The Bertz CT molecular complexity index is 366. The molecule has 0 spiro atoms. The number of benzene rings is 1. The maximum atomic E-state index is 12.8. The topological polar surface area (TPSA) is 17.1 Å². The molecule has 1 nitrogen and oxygen atoms in total. The highest BCUT2D eigenvalue weighted by Crippen LogP contribution is 2.13. The van der Waals surface area contributed by atoms with Crippen molar-refractivity contribution in [3.8, 4) is 0 Å². The van der Waals surface area contributed by atoms with Gasteiger partial charge in [-0.05, 0) is 37.1 Å². The van der Waals surface area contributed by atoms with E-state index in [-0.39, 0.29) is 5.78 Å². The molecule has 0 N–H and O–H groups in total. The maximum Gasteiger partial charge on any atom is 0.188 e. The third-order valence-electron chi connectivity index (χ3n) is 1.83. The summed E-state index contributed by atoms with van der Waals surface area (Å²) in [5.41, 5.74) is 1.59. The molecular weight excluding hydrogens is 167 g/mol. The number of allylic oxidation sites excluding steroid dienone is 1. The predicted molar refractivity (Wildman–Crippen MR) is 50.3 cm³/mol. The zero-order chi connectivity index (χ0) is 10.0. The van der Waals surface area contributed by atoms with E-state index >= 15 is 0 Å². The van der Waals surface area contributed by atoms with Gasteiger partial charge in [-0.2, -0.15) is 0 Å². The van der Waals surface area contributed by atoms with E-state index in [1.807, 2.05) is 0 Å². The standard InChI is InChI=1S/C11H11FO/c1-7(2)11(13)10-6-9(12)5-4-8(10)3/h4-6H,1H2,2-3H3. The second-order valence-corrected chi connectivity index (χ2v) is 3.07. The number of carbonyl (C=O) groups excluding carboxylic acids is 1. The van der Waals surface area contributed by atoms with Gasteiger partial charge in [0.1, 0.15) is 5.82 Å². The van der Waals surface area contributed by atoms with Crippen molar-refractivity contribution in [2.24, 2.45) is 0 Å². The van der Waals surface area contributed by atoms with Crippen LogP contribution < -0.4 is 0 Å². The third kappa shape index (κ3) is 2.02. The summed E-state index contributed by atoms with van der Waals surface area (Å²) < 4.78 is 12.8. The van der Waals surface area contributed by atoms with Crippen LogP contribution in [0, 0.1) is 12.7 Å². The van der Waals surface area contributed by atoms with Crippen LogP contribution in [0.1, 0.15) is 22.8 Å². The van der Waals surface area contributed by atoms with Gasteiger partial charge in [-0.1, -0.05) is 12.6 Å². The smallest absolute Gasteiger partial charge is 0.188 e. The molecule has 0 aliphatic carbocycles. The molecule has 1 rings (SSSR count). The average Bonchev–Trinajstić information content (AvgIpc) is 2.08. The van der Waals surface area contributed by atoms with Gasteiger partial charge >= 0.3 is 0 Å². The van der Waals surface area contributed by atoms with Gasteiger partial charge in [-0.15, -0.1) is 0 Å². The molecular formula is C11H11FO. The van der Waals surface area contributed by atoms with Crippen molar-refractivity contribution in [2.75, 3.05) is 0 Å². The van der Waals surface area contributed by atoms with Crippen molar-refractivity contribution in [3.05, 3.63) is 47.3 Å². The van der Waals surface area contributed by atoms with Gasteiger partial charge in [0.2, 0.25) is 0 Å². The fraction of sp³-hybridized carbons (Fsp3) is 0.182. The fourth-order valence-corrected chi connectivity index (χ4v) is 1.07. The number of aryl methyl sites for hydroxylation is 1. The summed E-state index contributed by atoms with van der Waals surface area (Å²) in [5, 5.41) is 0. The molecule has 13 heavy (non-hydrogen) atoms. The molecule has 0 fully saturated rings. The summed E-state index contributed by atoms with van der Waals surface area (Å²) in [6, 6.07) is 4.17. The average molecular weight is 178 g/mol. The predicted octanol–water partition coefficient (Wildman–Crippen LogP) is 2.89. The van der Waals surface area contributed by atoms with Crippen LogP contribution in [0.5, 0.6) is 0 Å². The van der Waals surface area contributed by atoms with Crippen molar-refractivity contribution >= 4 is 5.78 Å². The van der Waals surface area contributed by atoms with Crippen molar-refractivity contribution in [1.29, 1.82) is 0 Å². The normalized spacial score (nSPS) is 9.77. The molecule has 1 aromatic rings.